The molecule has 1 fully saturated rings. The molecule has 2 heterocycles. The predicted molar refractivity (Wildman–Crippen MR) is 113 cm³/mol. The molecule has 1 aromatic heterocycles. The molecular weight excluding hydrogens is 443 g/mol. The summed E-state index contributed by atoms with van der Waals surface area (Å²) in [5, 5.41) is 0. The van der Waals surface area contributed by atoms with Crippen LogP contribution >= 0.6 is 0 Å². The number of furan rings is 1. The molecule has 1 aliphatic rings. The van der Waals surface area contributed by atoms with Crippen LogP contribution in [0.15, 0.2) is 70.2 Å². The van der Waals surface area contributed by atoms with Crippen molar-refractivity contribution in [3.8, 4) is 0 Å². The van der Waals surface area contributed by atoms with Crippen molar-refractivity contribution in [1.82, 2.24) is 9.62 Å². The molecule has 0 amide bonds. The summed E-state index contributed by atoms with van der Waals surface area (Å²) < 4.78 is 73.8. The first kappa shape index (κ1) is 22.4. The third kappa shape index (κ3) is 4.98. The third-order valence-corrected chi connectivity index (χ3v) is 6.91. The van der Waals surface area contributed by atoms with Gasteiger partial charge in [-0.15, -0.1) is 0 Å². The van der Waals surface area contributed by atoms with Crippen LogP contribution in [0.1, 0.15) is 11.8 Å². The number of nitrogens with zero attached hydrogens (tertiary/aromatic N) is 2. The monoisotopic (exact) mass is 465 g/mol. The number of anilines is 1. The number of benzene rings is 2. The average Bonchev–Trinajstić information content (AvgIpc) is 3.31. The van der Waals surface area contributed by atoms with E-state index in [0.29, 0.717) is 38.0 Å². The Bertz CT molecular complexity index is 1150. The van der Waals surface area contributed by atoms with E-state index in [-0.39, 0.29) is 12.4 Å². The largest absolute Gasteiger partial charge is 0.468 e. The van der Waals surface area contributed by atoms with Gasteiger partial charge in [0.05, 0.1) is 12.3 Å². The van der Waals surface area contributed by atoms with E-state index in [1.807, 2.05) is 0 Å². The van der Waals surface area contributed by atoms with Crippen LogP contribution in [0.25, 0.3) is 0 Å². The van der Waals surface area contributed by atoms with Gasteiger partial charge in [-0.2, -0.15) is 0 Å². The molecule has 10 heteroatoms. The van der Waals surface area contributed by atoms with Gasteiger partial charge in [-0.3, -0.25) is 4.90 Å². The maximum Gasteiger partial charge on any atom is 0.243 e. The van der Waals surface area contributed by atoms with Gasteiger partial charge in [0.2, 0.25) is 10.0 Å². The Morgan fingerprint density at radius 2 is 1.62 bits per heavy atom. The van der Waals surface area contributed by atoms with Crippen LogP contribution in [0, 0.1) is 17.5 Å². The van der Waals surface area contributed by atoms with E-state index in [1.165, 1.54) is 18.4 Å². The Kier molecular flexibility index (Phi) is 6.54. The summed E-state index contributed by atoms with van der Waals surface area (Å²) in [6.45, 7) is 2.40. The van der Waals surface area contributed by atoms with Crippen molar-refractivity contribution in [3.63, 3.8) is 0 Å². The highest BCUT2D eigenvalue weighted by Crippen LogP contribution is 2.25. The van der Waals surface area contributed by atoms with Crippen LogP contribution in [0.5, 0.6) is 0 Å². The van der Waals surface area contributed by atoms with Crippen LogP contribution in [0.3, 0.4) is 0 Å². The van der Waals surface area contributed by atoms with Crippen molar-refractivity contribution in [3.05, 3.63) is 84.1 Å². The van der Waals surface area contributed by atoms with Crippen molar-refractivity contribution < 1.29 is 26.0 Å². The standard InChI is InChI=1S/C22H22F3N3O3S/c23-16-3-6-18(7-4-16)27-9-11-28(12-10-27)20(21-2-1-13-31-21)15-26-32(29,30)22-14-17(24)5-8-19(22)25/h1-8,13-14,20,26H,9-12,15H2/t20-/m1/s1. The summed E-state index contributed by atoms with van der Waals surface area (Å²) in [5.74, 6) is -1.61. The van der Waals surface area contributed by atoms with Crippen molar-refractivity contribution in [1.29, 1.82) is 0 Å². The first-order valence-corrected chi connectivity index (χ1v) is 11.5. The highest BCUT2D eigenvalue weighted by Gasteiger charge is 2.29. The summed E-state index contributed by atoms with van der Waals surface area (Å²) in [5.41, 5.74) is 0.905. The topological polar surface area (TPSA) is 65.8 Å². The minimum absolute atomic E-state index is 0.0810. The van der Waals surface area contributed by atoms with E-state index in [1.54, 1.807) is 24.3 Å². The summed E-state index contributed by atoms with van der Waals surface area (Å²) in [7, 11) is -4.28. The second kappa shape index (κ2) is 9.35. The van der Waals surface area contributed by atoms with Crippen molar-refractivity contribution in [2.45, 2.75) is 10.9 Å². The molecule has 0 bridgehead atoms. The van der Waals surface area contributed by atoms with Crippen molar-refractivity contribution in [2.75, 3.05) is 37.6 Å². The lowest BCUT2D eigenvalue weighted by atomic mass is 10.1. The third-order valence-electron chi connectivity index (χ3n) is 5.47. The van der Waals surface area contributed by atoms with E-state index in [9.17, 15) is 21.6 Å². The zero-order valence-corrected chi connectivity index (χ0v) is 17.9. The van der Waals surface area contributed by atoms with Crippen LogP contribution in [0.4, 0.5) is 18.9 Å². The molecule has 170 valence electrons. The number of hydrogen-bond donors (Lipinski definition) is 1. The lowest BCUT2D eigenvalue weighted by Gasteiger charge is -2.39. The maximum atomic E-state index is 14.0. The lowest BCUT2D eigenvalue weighted by Crippen LogP contribution is -2.49. The molecule has 1 aliphatic heterocycles. The minimum atomic E-state index is -4.28. The molecule has 0 aliphatic carbocycles. The van der Waals surface area contributed by atoms with Gasteiger partial charge >= 0.3 is 0 Å². The van der Waals surface area contributed by atoms with Gasteiger partial charge in [0.15, 0.2) is 0 Å². The summed E-state index contributed by atoms with van der Waals surface area (Å²) in [6, 6.07) is 11.6. The van der Waals surface area contributed by atoms with E-state index >= 15 is 0 Å². The zero-order chi connectivity index (χ0) is 22.7. The zero-order valence-electron chi connectivity index (χ0n) is 17.0. The number of halogens is 3. The minimum Gasteiger partial charge on any atom is -0.468 e. The maximum absolute atomic E-state index is 14.0. The van der Waals surface area contributed by atoms with Gasteiger partial charge in [0.1, 0.15) is 28.1 Å². The van der Waals surface area contributed by atoms with Gasteiger partial charge in [0.25, 0.3) is 0 Å². The SMILES string of the molecule is O=S(=O)(NC[C@H](c1ccco1)N1CCN(c2ccc(F)cc2)CC1)c1cc(F)ccc1F. The number of hydrogen-bond acceptors (Lipinski definition) is 5. The Morgan fingerprint density at radius 3 is 2.28 bits per heavy atom. The molecule has 4 rings (SSSR count). The Balaban J connectivity index is 1.47. The second-order valence-corrected chi connectivity index (χ2v) is 9.19. The molecule has 2 aromatic carbocycles. The van der Waals surface area contributed by atoms with Crippen LogP contribution in [0.2, 0.25) is 0 Å². The van der Waals surface area contributed by atoms with Gasteiger partial charge in [-0.05, 0) is 54.6 Å². The van der Waals surface area contributed by atoms with Crippen LogP contribution in [-0.2, 0) is 10.0 Å². The summed E-state index contributed by atoms with van der Waals surface area (Å²) >= 11 is 0. The molecular formula is C22H22F3N3O3S. The quantitative estimate of drug-likeness (QED) is 0.578. The summed E-state index contributed by atoms with van der Waals surface area (Å²) in [6.07, 6.45) is 1.50. The smallest absolute Gasteiger partial charge is 0.243 e. The first-order chi connectivity index (χ1) is 15.3. The van der Waals surface area contributed by atoms with E-state index in [2.05, 4.69) is 14.5 Å². The van der Waals surface area contributed by atoms with Crippen LogP contribution in [-0.4, -0.2) is 46.0 Å². The second-order valence-electron chi connectivity index (χ2n) is 7.46. The number of nitrogens with one attached hydrogen (secondary N) is 1. The molecule has 0 saturated carbocycles. The molecule has 0 radical (unpaired) electrons. The molecule has 0 spiro atoms. The van der Waals surface area contributed by atoms with Crippen molar-refractivity contribution in [2.24, 2.45) is 0 Å². The molecule has 0 unspecified atom stereocenters. The predicted octanol–water partition coefficient (Wildman–Crippen LogP) is 3.54. The highest BCUT2D eigenvalue weighted by molar-refractivity contribution is 7.89. The highest BCUT2D eigenvalue weighted by atomic mass is 32.2. The fourth-order valence-electron chi connectivity index (χ4n) is 3.78. The average molecular weight is 465 g/mol. The van der Waals surface area contributed by atoms with Gasteiger partial charge in [-0.1, -0.05) is 0 Å². The van der Waals surface area contributed by atoms with Gasteiger partial charge < -0.3 is 9.32 Å². The van der Waals surface area contributed by atoms with Gasteiger partial charge in [-0.25, -0.2) is 26.3 Å². The number of piperazine rings is 1. The van der Waals surface area contributed by atoms with Crippen molar-refractivity contribution >= 4 is 15.7 Å². The summed E-state index contributed by atoms with van der Waals surface area (Å²) in [4.78, 5) is 3.43. The van der Waals surface area contributed by atoms with Crippen LogP contribution < -0.4 is 9.62 Å². The van der Waals surface area contributed by atoms with E-state index in [4.69, 9.17) is 4.42 Å². The van der Waals surface area contributed by atoms with Gasteiger partial charge in [0, 0.05) is 38.4 Å². The van der Waals surface area contributed by atoms with E-state index in [0.717, 1.165) is 17.8 Å². The Labute approximate surface area is 184 Å². The molecule has 1 atom stereocenters. The molecule has 1 N–H and O–H groups in total. The number of rotatable bonds is 7. The Hall–Kier alpha value is -2.82. The fourth-order valence-corrected chi connectivity index (χ4v) is 4.91. The normalized spacial score (nSPS) is 16.3. The molecule has 3 aromatic rings. The number of sulfonamides is 1. The fraction of sp³-hybridized carbons (Fsp3) is 0.273. The Morgan fingerprint density at radius 1 is 0.938 bits per heavy atom. The molecule has 1 saturated heterocycles. The first-order valence-electron chi connectivity index (χ1n) is 10.1. The molecule has 32 heavy (non-hydrogen) atoms. The van der Waals surface area contributed by atoms with E-state index < -0.39 is 32.6 Å². The molecule has 6 nitrogen and oxygen atoms in total. The lowest BCUT2D eigenvalue weighted by molar-refractivity contribution is 0.166.